The van der Waals surface area contributed by atoms with Gasteiger partial charge in [0, 0.05) is 15.3 Å². The lowest BCUT2D eigenvalue weighted by atomic mass is 10.2. The molecule has 0 amide bonds. The third-order valence-corrected chi connectivity index (χ3v) is 2.87. The van der Waals surface area contributed by atoms with Crippen LogP contribution in [0.4, 0.5) is 0 Å². The number of hydrogen-bond donors (Lipinski definition) is 0. The third-order valence-electron chi connectivity index (χ3n) is 1.51. The molecule has 0 aromatic heterocycles. The largest absolute Gasteiger partial charge is 0.0840 e. The normalized spacial score (nSPS) is 13.1. The Hall–Kier alpha value is 0.307. The number of benzene rings is 1. The number of rotatable bonds is 1. The SMILES string of the molecule is CC([Si])c1cc(Cl)c(Cl)cc1Cl. The molecule has 12 heavy (non-hydrogen) atoms. The molecule has 0 N–H and O–H groups in total. The van der Waals surface area contributed by atoms with E-state index in [1.807, 2.05) is 6.92 Å². The van der Waals surface area contributed by atoms with Crippen LogP contribution in [0, 0.1) is 0 Å². The van der Waals surface area contributed by atoms with Gasteiger partial charge in [-0.05, 0) is 23.2 Å². The van der Waals surface area contributed by atoms with Crippen LogP contribution in [0.5, 0.6) is 0 Å². The third kappa shape index (κ3) is 2.16. The summed E-state index contributed by atoms with van der Waals surface area (Å²) >= 11 is 17.5. The molecule has 1 rings (SSSR count). The van der Waals surface area contributed by atoms with Gasteiger partial charge in [-0.2, -0.15) is 0 Å². The van der Waals surface area contributed by atoms with Gasteiger partial charge in [0.2, 0.25) is 0 Å². The molecule has 0 fully saturated rings. The van der Waals surface area contributed by atoms with Gasteiger partial charge in [0.05, 0.1) is 10.0 Å². The van der Waals surface area contributed by atoms with Gasteiger partial charge in [0.25, 0.3) is 0 Å². The van der Waals surface area contributed by atoms with Gasteiger partial charge in [0.1, 0.15) is 0 Å². The van der Waals surface area contributed by atoms with E-state index in [1.165, 1.54) is 0 Å². The van der Waals surface area contributed by atoms with Crippen molar-refractivity contribution in [1.29, 1.82) is 0 Å². The van der Waals surface area contributed by atoms with Crippen molar-refractivity contribution in [1.82, 2.24) is 0 Å². The van der Waals surface area contributed by atoms with Gasteiger partial charge in [-0.3, -0.25) is 0 Å². The second-order valence-corrected chi connectivity index (χ2v) is 4.60. The highest BCUT2D eigenvalue weighted by Gasteiger charge is 2.08. The van der Waals surface area contributed by atoms with E-state index in [-0.39, 0.29) is 5.54 Å². The molecule has 0 aliphatic rings. The van der Waals surface area contributed by atoms with Gasteiger partial charge >= 0.3 is 0 Å². The minimum Gasteiger partial charge on any atom is -0.0840 e. The van der Waals surface area contributed by atoms with Crippen LogP contribution < -0.4 is 0 Å². The summed E-state index contributed by atoms with van der Waals surface area (Å²) in [5.41, 5.74) is 1.12. The molecule has 0 saturated heterocycles. The van der Waals surface area contributed by atoms with E-state index >= 15 is 0 Å². The van der Waals surface area contributed by atoms with Crippen LogP contribution in [-0.2, 0) is 0 Å². The van der Waals surface area contributed by atoms with Crippen molar-refractivity contribution >= 4 is 45.0 Å². The summed E-state index contributed by atoms with van der Waals surface area (Å²) in [6.45, 7) is 1.97. The van der Waals surface area contributed by atoms with Crippen LogP contribution in [0.3, 0.4) is 0 Å². The molecule has 0 aliphatic heterocycles. The first-order chi connectivity index (χ1) is 5.52. The average molecular weight is 237 g/mol. The molecule has 0 bridgehead atoms. The maximum atomic E-state index is 5.92. The topological polar surface area (TPSA) is 0 Å². The average Bonchev–Trinajstić information content (AvgIpc) is 1.96. The van der Waals surface area contributed by atoms with E-state index in [4.69, 9.17) is 34.8 Å². The lowest BCUT2D eigenvalue weighted by molar-refractivity contribution is 1.08. The molecule has 3 radical (unpaired) electrons. The molecular weight excluding hydrogens is 231 g/mol. The van der Waals surface area contributed by atoms with Crippen LogP contribution in [0.1, 0.15) is 18.0 Å². The van der Waals surface area contributed by atoms with Gasteiger partial charge in [-0.15, -0.1) is 0 Å². The summed E-state index contributed by atoms with van der Waals surface area (Å²) in [6, 6.07) is 3.42. The van der Waals surface area contributed by atoms with Crippen LogP contribution in [-0.4, -0.2) is 10.2 Å². The van der Waals surface area contributed by atoms with Crippen molar-refractivity contribution in [2.45, 2.75) is 12.5 Å². The van der Waals surface area contributed by atoms with Gasteiger partial charge in [0.15, 0.2) is 0 Å². The van der Waals surface area contributed by atoms with Crippen molar-refractivity contribution in [3.05, 3.63) is 32.8 Å². The van der Waals surface area contributed by atoms with Gasteiger partial charge < -0.3 is 0 Å². The lowest BCUT2D eigenvalue weighted by Gasteiger charge is -2.08. The Kier molecular flexibility index (Phi) is 3.47. The summed E-state index contributed by atoms with van der Waals surface area (Å²) in [7, 11) is 3.46. The molecule has 0 aliphatic carbocycles. The fourth-order valence-corrected chi connectivity index (χ4v) is 1.92. The minimum absolute atomic E-state index is 0.173. The fraction of sp³-hybridized carbons (Fsp3) is 0.250. The maximum Gasteiger partial charge on any atom is 0.0607 e. The van der Waals surface area contributed by atoms with E-state index < -0.39 is 0 Å². The predicted molar refractivity (Wildman–Crippen MR) is 55.6 cm³/mol. The number of hydrogen-bond acceptors (Lipinski definition) is 0. The maximum absolute atomic E-state index is 5.92. The second-order valence-electron chi connectivity index (χ2n) is 2.51. The first-order valence-electron chi connectivity index (χ1n) is 3.38. The molecule has 4 heteroatoms. The Bertz CT molecular complexity index is 297. The molecule has 0 heterocycles. The summed E-state index contributed by atoms with van der Waals surface area (Å²) < 4.78 is 0. The van der Waals surface area contributed by atoms with Crippen molar-refractivity contribution in [3.63, 3.8) is 0 Å². The Balaban J connectivity index is 3.23. The zero-order valence-electron chi connectivity index (χ0n) is 6.37. The zero-order valence-corrected chi connectivity index (χ0v) is 9.63. The fourth-order valence-electron chi connectivity index (χ4n) is 0.870. The van der Waals surface area contributed by atoms with Gasteiger partial charge in [-0.25, -0.2) is 0 Å². The van der Waals surface area contributed by atoms with Crippen molar-refractivity contribution in [3.8, 4) is 0 Å². The highest BCUT2D eigenvalue weighted by molar-refractivity contribution is 6.43. The summed E-state index contributed by atoms with van der Waals surface area (Å²) in [6.07, 6.45) is 0. The smallest absolute Gasteiger partial charge is 0.0607 e. The lowest BCUT2D eigenvalue weighted by Crippen LogP contribution is -1.93. The van der Waals surface area contributed by atoms with E-state index in [9.17, 15) is 0 Å². The Morgan fingerprint density at radius 1 is 1.08 bits per heavy atom. The van der Waals surface area contributed by atoms with Crippen LogP contribution in [0.2, 0.25) is 15.1 Å². The van der Waals surface area contributed by atoms with Crippen molar-refractivity contribution < 1.29 is 0 Å². The van der Waals surface area contributed by atoms with Crippen LogP contribution in [0.25, 0.3) is 0 Å². The Labute approximate surface area is 90.2 Å². The molecule has 0 spiro atoms. The standard InChI is InChI=1S/C8H6Cl3Si/c1-4(12)5-2-7(10)8(11)3-6(5)9/h2-4H,1H3. The highest BCUT2D eigenvalue weighted by Crippen LogP contribution is 2.31. The summed E-state index contributed by atoms with van der Waals surface area (Å²) in [4.78, 5) is 0. The summed E-state index contributed by atoms with van der Waals surface area (Å²) in [5, 5.41) is 1.64. The first-order valence-corrected chi connectivity index (χ1v) is 5.09. The van der Waals surface area contributed by atoms with Crippen molar-refractivity contribution in [2.75, 3.05) is 0 Å². The summed E-state index contributed by atoms with van der Waals surface area (Å²) in [5.74, 6) is 0. The van der Waals surface area contributed by atoms with E-state index in [0.29, 0.717) is 15.1 Å². The molecule has 63 valence electrons. The Morgan fingerprint density at radius 2 is 1.58 bits per heavy atom. The van der Waals surface area contributed by atoms with Crippen molar-refractivity contribution in [2.24, 2.45) is 0 Å². The molecule has 0 nitrogen and oxygen atoms in total. The van der Waals surface area contributed by atoms with E-state index in [1.54, 1.807) is 12.1 Å². The van der Waals surface area contributed by atoms with Gasteiger partial charge in [-0.1, -0.05) is 41.7 Å². The second kappa shape index (κ2) is 4.01. The molecular formula is C8H6Cl3Si. The highest BCUT2D eigenvalue weighted by atomic mass is 35.5. The van der Waals surface area contributed by atoms with Crippen LogP contribution >= 0.6 is 34.8 Å². The monoisotopic (exact) mass is 235 g/mol. The predicted octanol–water partition coefficient (Wildman–Crippen LogP) is 3.88. The molecule has 1 aromatic carbocycles. The molecule has 0 saturated carbocycles. The molecule has 1 unspecified atom stereocenters. The van der Waals surface area contributed by atoms with E-state index in [2.05, 4.69) is 10.2 Å². The van der Waals surface area contributed by atoms with Crippen LogP contribution in [0.15, 0.2) is 12.1 Å². The minimum atomic E-state index is 0.173. The molecule has 1 aromatic rings. The van der Waals surface area contributed by atoms with E-state index in [0.717, 1.165) is 5.56 Å². The molecule has 1 atom stereocenters. The first kappa shape index (κ1) is 10.4. The Morgan fingerprint density at radius 3 is 2.08 bits per heavy atom. The zero-order chi connectivity index (χ0) is 9.30. The quantitative estimate of drug-likeness (QED) is 0.513. The number of halogens is 3.